The number of hydrogen-bond acceptors (Lipinski definition) is 4. The van der Waals surface area contributed by atoms with Crippen LogP contribution in [-0.2, 0) is 11.3 Å². The summed E-state index contributed by atoms with van der Waals surface area (Å²) in [5.74, 6) is -0.231. The first-order chi connectivity index (χ1) is 13.7. The molecule has 0 aliphatic carbocycles. The maximum absolute atomic E-state index is 12.9. The van der Waals surface area contributed by atoms with Gasteiger partial charge in [0.05, 0.1) is 11.1 Å². The van der Waals surface area contributed by atoms with Gasteiger partial charge in [-0.3, -0.25) is 14.3 Å². The average molecular weight is 390 g/mol. The zero-order valence-corrected chi connectivity index (χ0v) is 16.0. The third-order valence-electron chi connectivity index (χ3n) is 4.34. The van der Waals surface area contributed by atoms with Crippen LogP contribution in [0.4, 0.5) is 5.69 Å². The van der Waals surface area contributed by atoms with Crippen LogP contribution < -0.4 is 10.9 Å². The maximum atomic E-state index is 12.9. The molecule has 0 radical (unpaired) electrons. The predicted octanol–water partition coefficient (Wildman–Crippen LogP) is 3.55. The lowest BCUT2D eigenvalue weighted by Crippen LogP contribution is -2.27. The first kappa shape index (κ1) is 18.1. The molecule has 2 aromatic carbocycles. The number of fused-ring (bicyclic) bond motifs is 1. The Hall–Kier alpha value is -3.32. The molecule has 28 heavy (non-hydrogen) atoms. The number of benzene rings is 2. The number of carbonyl (C=O) groups is 1. The van der Waals surface area contributed by atoms with E-state index in [0.29, 0.717) is 16.7 Å². The molecule has 1 amide bonds. The molecule has 1 N–H and O–H groups in total. The lowest BCUT2D eigenvalue weighted by Gasteiger charge is -2.13. The van der Waals surface area contributed by atoms with Gasteiger partial charge in [-0.15, -0.1) is 11.8 Å². The molecule has 0 saturated carbocycles. The van der Waals surface area contributed by atoms with E-state index >= 15 is 0 Å². The highest BCUT2D eigenvalue weighted by molar-refractivity contribution is 7.98. The second-order valence-corrected chi connectivity index (χ2v) is 7.04. The molecule has 6 nitrogen and oxygen atoms in total. The minimum atomic E-state index is -0.231. The number of carbonyl (C=O) groups excluding carboxylic acids is 1. The van der Waals surface area contributed by atoms with Crippen molar-refractivity contribution in [2.45, 2.75) is 11.4 Å². The van der Waals surface area contributed by atoms with Gasteiger partial charge in [-0.05, 0) is 48.7 Å². The fourth-order valence-electron chi connectivity index (χ4n) is 3.10. The molecule has 0 atom stereocenters. The Labute approximate surface area is 165 Å². The number of pyridine rings is 1. The molecule has 7 heteroatoms. The van der Waals surface area contributed by atoms with Gasteiger partial charge in [-0.1, -0.05) is 24.3 Å². The molecule has 0 spiro atoms. The quantitative estimate of drug-likeness (QED) is 0.529. The number of thioether (sulfide) groups is 1. The molecule has 0 aliphatic heterocycles. The molecular formula is C21H18N4O2S. The largest absolute Gasteiger partial charge is 0.324 e. The summed E-state index contributed by atoms with van der Waals surface area (Å²) >= 11 is 1.61. The van der Waals surface area contributed by atoms with Gasteiger partial charge < -0.3 is 5.32 Å². The molecule has 140 valence electrons. The van der Waals surface area contributed by atoms with E-state index in [9.17, 15) is 9.59 Å². The van der Waals surface area contributed by atoms with Gasteiger partial charge >= 0.3 is 0 Å². The van der Waals surface area contributed by atoms with Crippen molar-refractivity contribution >= 4 is 34.4 Å². The number of anilines is 1. The number of nitrogens with one attached hydrogen (secondary N) is 1. The lowest BCUT2D eigenvalue weighted by atomic mass is 10.3. The van der Waals surface area contributed by atoms with Gasteiger partial charge in [-0.2, -0.15) is 0 Å². The zero-order chi connectivity index (χ0) is 19.5. The van der Waals surface area contributed by atoms with Gasteiger partial charge in [-0.25, -0.2) is 9.67 Å². The van der Waals surface area contributed by atoms with Crippen molar-refractivity contribution in [3.8, 4) is 5.69 Å². The van der Waals surface area contributed by atoms with Crippen LogP contribution >= 0.6 is 11.8 Å². The summed E-state index contributed by atoms with van der Waals surface area (Å²) < 4.78 is 3.11. The van der Waals surface area contributed by atoms with Crippen LogP contribution in [-0.4, -0.2) is 26.5 Å². The van der Waals surface area contributed by atoms with Crippen LogP contribution in [0.3, 0.4) is 0 Å². The topological polar surface area (TPSA) is 68.9 Å². The van der Waals surface area contributed by atoms with Crippen molar-refractivity contribution in [2.24, 2.45) is 0 Å². The van der Waals surface area contributed by atoms with Gasteiger partial charge in [0.1, 0.15) is 6.54 Å². The molecule has 0 unspecified atom stereocenters. The third kappa shape index (κ3) is 3.44. The van der Waals surface area contributed by atoms with Crippen molar-refractivity contribution in [3.63, 3.8) is 0 Å². The van der Waals surface area contributed by atoms with Crippen molar-refractivity contribution in [1.82, 2.24) is 14.3 Å². The van der Waals surface area contributed by atoms with Crippen molar-refractivity contribution in [3.05, 3.63) is 83.3 Å². The van der Waals surface area contributed by atoms with E-state index in [4.69, 9.17) is 0 Å². The minimum absolute atomic E-state index is 0.0336. The Kier molecular flexibility index (Phi) is 4.99. The first-order valence-corrected chi connectivity index (χ1v) is 9.96. The Morgan fingerprint density at radius 1 is 1.07 bits per heavy atom. The number of rotatable bonds is 5. The number of aromatic nitrogens is 3. The molecule has 2 aromatic heterocycles. The normalized spacial score (nSPS) is 10.9. The summed E-state index contributed by atoms with van der Waals surface area (Å²) in [6, 6.07) is 20.3. The van der Waals surface area contributed by atoms with E-state index in [1.165, 1.54) is 4.68 Å². The van der Waals surface area contributed by atoms with Crippen LogP contribution in [0.25, 0.3) is 16.7 Å². The average Bonchev–Trinajstić information content (AvgIpc) is 3.00. The standard InChI is InChI=1S/C21H18N4O2S/c1-28-17-10-5-7-15(13-17)23-19(26)14-24-20-18(11-6-12-22-20)21(27)25(24)16-8-3-2-4-9-16/h2-13H,14H2,1H3,(H,23,26). The molecule has 4 aromatic rings. The maximum Gasteiger partial charge on any atom is 0.280 e. The highest BCUT2D eigenvalue weighted by atomic mass is 32.2. The summed E-state index contributed by atoms with van der Waals surface area (Å²) in [7, 11) is 0. The Balaban J connectivity index is 1.73. The minimum Gasteiger partial charge on any atom is -0.324 e. The molecule has 0 fully saturated rings. The monoisotopic (exact) mass is 390 g/mol. The van der Waals surface area contributed by atoms with E-state index in [-0.39, 0.29) is 18.0 Å². The van der Waals surface area contributed by atoms with Crippen molar-refractivity contribution < 1.29 is 4.79 Å². The molecule has 4 rings (SSSR count). The van der Waals surface area contributed by atoms with Crippen molar-refractivity contribution in [1.29, 1.82) is 0 Å². The second kappa shape index (κ2) is 7.74. The molecule has 0 saturated heterocycles. The summed E-state index contributed by atoms with van der Waals surface area (Å²) in [5, 5.41) is 3.38. The summed E-state index contributed by atoms with van der Waals surface area (Å²) in [6.45, 7) is -0.0336. The van der Waals surface area contributed by atoms with Crippen LogP contribution in [0.2, 0.25) is 0 Å². The van der Waals surface area contributed by atoms with Crippen LogP contribution in [0.5, 0.6) is 0 Å². The highest BCUT2D eigenvalue weighted by Crippen LogP contribution is 2.19. The fraction of sp³-hybridized carbons (Fsp3) is 0.0952. The van der Waals surface area contributed by atoms with Crippen LogP contribution in [0.1, 0.15) is 0 Å². The van der Waals surface area contributed by atoms with E-state index in [1.54, 1.807) is 34.8 Å². The first-order valence-electron chi connectivity index (χ1n) is 8.73. The SMILES string of the molecule is CSc1cccc(NC(=O)Cn2c3ncccc3c(=O)n2-c2ccccc2)c1. The van der Waals surface area contributed by atoms with Crippen molar-refractivity contribution in [2.75, 3.05) is 11.6 Å². The molecular weight excluding hydrogens is 372 g/mol. The summed E-state index contributed by atoms with van der Waals surface area (Å²) in [5.41, 5.74) is 1.67. The lowest BCUT2D eigenvalue weighted by molar-refractivity contribution is -0.116. The number of para-hydroxylation sites is 1. The number of nitrogens with zero attached hydrogens (tertiary/aromatic N) is 3. The number of hydrogen-bond donors (Lipinski definition) is 1. The van der Waals surface area contributed by atoms with Gasteiger partial charge in [0.15, 0.2) is 5.65 Å². The smallest absolute Gasteiger partial charge is 0.280 e. The Morgan fingerprint density at radius 3 is 2.68 bits per heavy atom. The fourth-order valence-corrected chi connectivity index (χ4v) is 3.56. The zero-order valence-electron chi connectivity index (χ0n) is 15.2. The second-order valence-electron chi connectivity index (χ2n) is 6.16. The molecule has 2 heterocycles. The van der Waals surface area contributed by atoms with E-state index in [2.05, 4.69) is 10.3 Å². The van der Waals surface area contributed by atoms with Crippen LogP contribution in [0, 0.1) is 0 Å². The third-order valence-corrected chi connectivity index (χ3v) is 5.07. The van der Waals surface area contributed by atoms with E-state index < -0.39 is 0 Å². The Bertz CT molecular complexity index is 1200. The highest BCUT2D eigenvalue weighted by Gasteiger charge is 2.17. The van der Waals surface area contributed by atoms with Crippen LogP contribution in [0.15, 0.2) is 82.6 Å². The molecule has 0 aliphatic rings. The van der Waals surface area contributed by atoms with Gasteiger partial charge in [0, 0.05) is 16.8 Å². The Morgan fingerprint density at radius 2 is 1.89 bits per heavy atom. The van der Waals surface area contributed by atoms with Gasteiger partial charge in [0.25, 0.3) is 5.56 Å². The summed E-state index contributed by atoms with van der Waals surface area (Å²) in [6.07, 6.45) is 3.60. The van der Waals surface area contributed by atoms with Gasteiger partial charge in [0.2, 0.25) is 5.91 Å². The van der Waals surface area contributed by atoms with E-state index in [0.717, 1.165) is 10.6 Å². The van der Waals surface area contributed by atoms with E-state index in [1.807, 2.05) is 60.9 Å². The predicted molar refractivity (Wildman–Crippen MR) is 112 cm³/mol. The summed E-state index contributed by atoms with van der Waals surface area (Å²) in [4.78, 5) is 31.1. The molecule has 0 bridgehead atoms. The number of amides is 1.